The van der Waals surface area contributed by atoms with Gasteiger partial charge in [0.2, 0.25) is 0 Å². The van der Waals surface area contributed by atoms with E-state index in [2.05, 4.69) is 127 Å². The van der Waals surface area contributed by atoms with Crippen molar-refractivity contribution >= 4 is 0 Å². The first-order valence-corrected chi connectivity index (χ1v) is 15.0. The van der Waals surface area contributed by atoms with Gasteiger partial charge >= 0.3 is 0 Å². The van der Waals surface area contributed by atoms with Crippen molar-refractivity contribution in [2.45, 2.75) is 95.8 Å². The van der Waals surface area contributed by atoms with Gasteiger partial charge in [0.25, 0.3) is 5.82 Å². The van der Waals surface area contributed by atoms with E-state index in [0.29, 0.717) is 5.92 Å². The van der Waals surface area contributed by atoms with Crippen molar-refractivity contribution in [1.82, 2.24) is 4.98 Å². The zero-order valence-electron chi connectivity index (χ0n) is 23.6. The predicted octanol–water partition coefficient (Wildman–Crippen LogP) is 9.50. The largest absolute Gasteiger partial charge is 0.263 e. The second kappa shape index (κ2) is 14.7. The summed E-state index contributed by atoms with van der Waals surface area (Å²) >= 11 is 0. The zero-order valence-corrected chi connectivity index (χ0v) is 23.6. The Hall–Kier alpha value is -3.13. The fourth-order valence-corrected chi connectivity index (χ4v) is 6.11. The van der Waals surface area contributed by atoms with Crippen LogP contribution in [-0.2, 0) is 11.8 Å². The summed E-state index contributed by atoms with van der Waals surface area (Å²) in [7, 11) is 0. The average Bonchev–Trinajstić information content (AvgIpc) is 3.45. The fraction of sp³-hybridized carbons (Fsp3) is 0.417. The maximum Gasteiger partial charge on any atom is 0.263 e. The molecule has 1 heterocycles. The minimum absolute atomic E-state index is 0.0514. The van der Waals surface area contributed by atoms with E-state index in [1.165, 1.54) is 86.8 Å². The zero-order chi connectivity index (χ0) is 26.5. The molecule has 0 aliphatic rings. The SMILES string of the molecule is CCCCCCCCCCCC(c1[nH]cc[n+]1-c1ccccc1)C(C)(Cc1ccccc1)c1ccccc1. The number of unbranched alkanes of at least 4 members (excludes halogenated alkanes) is 8. The van der Waals surface area contributed by atoms with Crippen molar-refractivity contribution in [1.29, 1.82) is 0 Å². The molecule has 0 amide bonds. The number of para-hydroxylation sites is 1. The van der Waals surface area contributed by atoms with Gasteiger partial charge in [-0.15, -0.1) is 0 Å². The van der Waals surface area contributed by atoms with Crippen LogP contribution in [0.15, 0.2) is 103 Å². The summed E-state index contributed by atoms with van der Waals surface area (Å²) in [5, 5.41) is 0. The van der Waals surface area contributed by atoms with E-state index in [1.54, 1.807) is 0 Å². The van der Waals surface area contributed by atoms with Gasteiger partial charge in [0.1, 0.15) is 18.1 Å². The molecule has 0 bridgehead atoms. The minimum atomic E-state index is -0.0514. The molecule has 1 aromatic heterocycles. The molecular weight excluding hydrogens is 460 g/mol. The van der Waals surface area contributed by atoms with Gasteiger partial charge in [0.15, 0.2) is 0 Å². The van der Waals surface area contributed by atoms with Crippen molar-refractivity contribution in [2.24, 2.45) is 0 Å². The standard InChI is InChI=1S/C36H46N2/c1-3-4-5-6-7-8-9-10-20-27-34(35-37-28-29-38(35)33-25-18-13-19-26-33)36(2,32-23-16-12-17-24-32)30-31-21-14-11-15-22-31/h11-19,21-26,28-29,34H,3-10,20,27,30H2,1-2H3/p+1. The molecule has 2 atom stereocenters. The third kappa shape index (κ3) is 7.47. The molecule has 2 heteroatoms. The smallest absolute Gasteiger partial charge is 0.247 e. The lowest BCUT2D eigenvalue weighted by Gasteiger charge is -2.37. The number of aromatic nitrogens is 2. The first-order chi connectivity index (χ1) is 18.7. The molecule has 2 unspecified atom stereocenters. The average molecular weight is 508 g/mol. The van der Waals surface area contributed by atoms with Crippen LogP contribution in [0.1, 0.15) is 101 Å². The molecule has 4 aromatic rings. The summed E-state index contributed by atoms with van der Waals surface area (Å²) in [5.41, 5.74) is 3.98. The normalized spacial score (nSPS) is 13.7. The minimum Gasteiger partial charge on any atom is -0.247 e. The van der Waals surface area contributed by atoms with E-state index in [0.717, 1.165) is 6.42 Å². The molecule has 0 radical (unpaired) electrons. The van der Waals surface area contributed by atoms with Crippen molar-refractivity contribution in [3.63, 3.8) is 0 Å². The summed E-state index contributed by atoms with van der Waals surface area (Å²) in [6, 6.07) is 33.1. The van der Waals surface area contributed by atoms with Crippen LogP contribution < -0.4 is 4.57 Å². The fourth-order valence-electron chi connectivity index (χ4n) is 6.11. The first-order valence-electron chi connectivity index (χ1n) is 15.0. The number of nitrogens with one attached hydrogen (secondary N) is 1. The van der Waals surface area contributed by atoms with Crippen LogP contribution >= 0.6 is 0 Å². The van der Waals surface area contributed by atoms with E-state index >= 15 is 0 Å². The topological polar surface area (TPSA) is 19.7 Å². The third-order valence-electron chi connectivity index (χ3n) is 8.29. The second-order valence-corrected chi connectivity index (χ2v) is 11.2. The van der Waals surface area contributed by atoms with Crippen molar-refractivity contribution in [3.05, 3.63) is 120 Å². The Morgan fingerprint density at radius 3 is 1.87 bits per heavy atom. The van der Waals surface area contributed by atoms with Gasteiger partial charge in [0, 0.05) is 5.41 Å². The van der Waals surface area contributed by atoms with Crippen LogP contribution in [0.25, 0.3) is 5.69 Å². The van der Waals surface area contributed by atoms with Crippen LogP contribution in [0, 0.1) is 0 Å². The highest BCUT2D eigenvalue weighted by Gasteiger charge is 2.42. The molecule has 0 aliphatic heterocycles. The predicted molar refractivity (Wildman–Crippen MR) is 161 cm³/mol. The van der Waals surface area contributed by atoms with Gasteiger partial charge in [-0.1, -0.05) is 150 Å². The highest BCUT2D eigenvalue weighted by Crippen LogP contribution is 2.43. The molecule has 0 fully saturated rings. The molecule has 0 saturated heterocycles. The van der Waals surface area contributed by atoms with Crippen molar-refractivity contribution in [3.8, 4) is 5.69 Å². The maximum atomic E-state index is 3.71. The quantitative estimate of drug-likeness (QED) is 0.115. The molecule has 0 spiro atoms. The lowest BCUT2D eigenvalue weighted by molar-refractivity contribution is -0.605. The van der Waals surface area contributed by atoms with Crippen molar-refractivity contribution < 1.29 is 4.57 Å². The summed E-state index contributed by atoms with van der Waals surface area (Å²) in [4.78, 5) is 3.71. The highest BCUT2D eigenvalue weighted by molar-refractivity contribution is 5.33. The van der Waals surface area contributed by atoms with Crippen LogP contribution in [0.3, 0.4) is 0 Å². The van der Waals surface area contributed by atoms with Gasteiger partial charge < -0.3 is 0 Å². The highest BCUT2D eigenvalue weighted by atomic mass is 15.1. The van der Waals surface area contributed by atoms with Gasteiger partial charge in [-0.3, -0.25) is 0 Å². The number of benzene rings is 3. The number of nitrogens with zero attached hydrogens (tertiary/aromatic N) is 1. The van der Waals surface area contributed by atoms with Crippen LogP contribution in [0.5, 0.6) is 0 Å². The van der Waals surface area contributed by atoms with Gasteiger partial charge in [-0.25, -0.2) is 4.98 Å². The Balaban J connectivity index is 1.61. The first kappa shape index (κ1) is 27.9. The Bertz CT molecular complexity index is 1170. The van der Waals surface area contributed by atoms with Crippen LogP contribution in [0.4, 0.5) is 0 Å². The molecule has 3 aromatic carbocycles. The van der Waals surface area contributed by atoms with Crippen molar-refractivity contribution in [2.75, 3.05) is 0 Å². The number of rotatable bonds is 16. The molecular formula is C36H47N2+. The molecule has 1 N–H and O–H groups in total. The Morgan fingerprint density at radius 1 is 0.684 bits per heavy atom. The lowest BCUT2D eigenvalue weighted by Crippen LogP contribution is -2.42. The second-order valence-electron chi connectivity index (χ2n) is 11.2. The summed E-state index contributed by atoms with van der Waals surface area (Å²) in [6.45, 7) is 4.78. The van der Waals surface area contributed by atoms with E-state index in [9.17, 15) is 0 Å². The van der Waals surface area contributed by atoms with Crippen LogP contribution in [0.2, 0.25) is 0 Å². The maximum absolute atomic E-state index is 3.71. The number of aromatic amines is 1. The third-order valence-corrected chi connectivity index (χ3v) is 8.29. The number of hydrogen-bond acceptors (Lipinski definition) is 0. The Kier molecular flexibility index (Phi) is 10.8. The van der Waals surface area contributed by atoms with Gasteiger partial charge in [-0.2, -0.15) is 4.57 Å². The monoisotopic (exact) mass is 507 g/mol. The molecule has 0 aliphatic carbocycles. The summed E-state index contributed by atoms with van der Waals surface area (Å²) in [5.74, 6) is 1.66. The number of H-pyrrole nitrogens is 1. The summed E-state index contributed by atoms with van der Waals surface area (Å²) in [6.07, 6.45) is 18.7. The van der Waals surface area contributed by atoms with Gasteiger partial charge in [-0.05, 0) is 36.1 Å². The van der Waals surface area contributed by atoms with Crippen LogP contribution in [-0.4, -0.2) is 4.98 Å². The van der Waals surface area contributed by atoms with E-state index in [1.807, 2.05) is 0 Å². The van der Waals surface area contributed by atoms with E-state index in [4.69, 9.17) is 0 Å². The molecule has 0 saturated carbocycles. The van der Waals surface area contributed by atoms with E-state index < -0.39 is 0 Å². The number of hydrogen-bond donors (Lipinski definition) is 1. The van der Waals surface area contributed by atoms with Gasteiger partial charge in [0.05, 0.1) is 5.92 Å². The number of imidazole rings is 1. The lowest BCUT2D eigenvalue weighted by atomic mass is 9.66. The molecule has 2 nitrogen and oxygen atoms in total. The van der Waals surface area contributed by atoms with E-state index in [-0.39, 0.29) is 5.41 Å². The Morgan fingerprint density at radius 2 is 1.24 bits per heavy atom. The Labute approximate surface area is 231 Å². The molecule has 200 valence electrons. The molecule has 38 heavy (non-hydrogen) atoms. The summed E-state index contributed by atoms with van der Waals surface area (Å²) < 4.78 is 2.38. The molecule has 4 rings (SSSR count).